The summed E-state index contributed by atoms with van der Waals surface area (Å²) in [6.07, 6.45) is 1.18. The first-order valence-electron chi connectivity index (χ1n) is 4.69. The van der Waals surface area contributed by atoms with Crippen LogP contribution in [0.4, 0.5) is 11.5 Å². The second kappa shape index (κ2) is 5.59. The lowest BCUT2D eigenvalue weighted by Crippen LogP contribution is -2.05. The molecule has 0 saturated heterocycles. The Balaban J connectivity index is 2.19. The van der Waals surface area contributed by atoms with Crippen LogP contribution in [-0.2, 0) is 6.54 Å². The number of aromatic nitrogens is 2. The molecule has 0 atom stereocenters. The van der Waals surface area contributed by atoms with Gasteiger partial charge in [0.25, 0.3) is 0 Å². The third-order valence-corrected chi connectivity index (χ3v) is 3.99. The molecule has 0 aliphatic rings. The second-order valence-corrected chi connectivity index (χ2v) is 5.47. The monoisotopic (exact) mass is 348 g/mol. The van der Waals surface area contributed by atoms with Crippen molar-refractivity contribution in [2.24, 2.45) is 0 Å². The van der Waals surface area contributed by atoms with E-state index >= 15 is 0 Å². The third kappa shape index (κ3) is 2.95. The highest BCUT2D eigenvalue weighted by Crippen LogP contribution is 2.29. The fourth-order valence-electron chi connectivity index (χ4n) is 1.27. The Hall–Kier alpha value is -1.25. The first-order valence-corrected chi connectivity index (χ1v) is 6.74. The van der Waals surface area contributed by atoms with E-state index in [1.54, 1.807) is 0 Å². The van der Waals surface area contributed by atoms with E-state index in [1.807, 2.05) is 11.4 Å². The van der Waals surface area contributed by atoms with Gasteiger partial charge in [-0.25, -0.2) is 9.97 Å². The van der Waals surface area contributed by atoms with E-state index in [9.17, 15) is 10.1 Å². The summed E-state index contributed by atoms with van der Waals surface area (Å²) in [6.45, 7) is 0.435. The van der Waals surface area contributed by atoms with E-state index in [4.69, 9.17) is 11.6 Å². The Morgan fingerprint density at radius 3 is 2.94 bits per heavy atom. The predicted molar refractivity (Wildman–Crippen MR) is 73.0 cm³/mol. The number of rotatable bonds is 4. The van der Waals surface area contributed by atoms with Crippen molar-refractivity contribution >= 4 is 50.4 Å². The lowest BCUT2D eigenvalue weighted by Gasteiger charge is -2.04. The van der Waals surface area contributed by atoms with Gasteiger partial charge in [0, 0.05) is 14.7 Å². The molecule has 0 saturated carbocycles. The van der Waals surface area contributed by atoms with Crippen LogP contribution in [0.15, 0.2) is 22.2 Å². The molecule has 0 radical (unpaired) electrons. The van der Waals surface area contributed by atoms with Gasteiger partial charge in [-0.1, -0.05) is 11.6 Å². The van der Waals surface area contributed by atoms with E-state index in [1.165, 1.54) is 17.7 Å². The average molecular weight is 350 g/mol. The summed E-state index contributed by atoms with van der Waals surface area (Å²) in [4.78, 5) is 18.7. The topological polar surface area (TPSA) is 81.0 Å². The number of nitro groups is 1. The van der Waals surface area contributed by atoms with Crippen molar-refractivity contribution < 1.29 is 4.92 Å². The Morgan fingerprint density at radius 2 is 2.33 bits per heavy atom. The number of nitrogens with one attached hydrogen (secondary N) is 1. The largest absolute Gasteiger partial charge is 0.359 e. The first kappa shape index (κ1) is 13.2. The normalized spacial score (nSPS) is 10.3. The predicted octanol–water partition coefficient (Wildman–Crippen LogP) is 3.47. The van der Waals surface area contributed by atoms with Gasteiger partial charge >= 0.3 is 5.69 Å². The van der Waals surface area contributed by atoms with Crippen LogP contribution in [0.25, 0.3) is 0 Å². The zero-order chi connectivity index (χ0) is 13.1. The Kier molecular flexibility index (Phi) is 4.10. The molecule has 0 unspecified atom stereocenters. The highest BCUT2D eigenvalue weighted by Gasteiger charge is 2.21. The smallest absolute Gasteiger partial charge is 0.348 e. The van der Waals surface area contributed by atoms with Crippen LogP contribution in [0.2, 0.25) is 5.15 Å². The molecule has 0 spiro atoms. The summed E-state index contributed by atoms with van der Waals surface area (Å²) in [5.74, 6) is 0.115. The minimum atomic E-state index is -0.602. The van der Waals surface area contributed by atoms with Crippen LogP contribution in [0.1, 0.15) is 4.88 Å². The van der Waals surface area contributed by atoms with E-state index < -0.39 is 4.92 Å². The summed E-state index contributed by atoms with van der Waals surface area (Å²) in [5.41, 5.74) is -0.310. The van der Waals surface area contributed by atoms with Crippen LogP contribution in [0.5, 0.6) is 0 Å². The molecule has 2 aromatic heterocycles. The van der Waals surface area contributed by atoms with Gasteiger partial charge in [-0.2, -0.15) is 0 Å². The maximum Gasteiger partial charge on any atom is 0.348 e. The number of anilines is 1. The minimum Gasteiger partial charge on any atom is -0.359 e. The molecule has 2 heterocycles. The molecular weight excluding hydrogens is 344 g/mol. The first-order chi connectivity index (χ1) is 8.58. The second-order valence-electron chi connectivity index (χ2n) is 3.20. The van der Waals surface area contributed by atoms with E-state index in [2.05, 4.69) is 31.2 Å². The van der Waals surface area contributed by atoms with E-state index in [-0.39, 0.29) is 16.7 Å². The Morgan fingerprint density at radius 1 is 1.56 bits per heavy atom. The van der Waals surface area contributed by atoms with Gasteiger partial charge < -0.3 is 5.32 Å². The van der Waals surface area contributed by atoms with Crippen molar-refractivity contribution in [2.75, 3.05) is 5.32 Å². The summed E-state index contributed by atoms with van der Waals surface area (Å²) >= 11 is 10.5. The summed E-state index contributed by atoms with van der Waals surface area (Å²) in [7, 11) is 0. The molecule has 2 aromatic rings. The Labute approximate surface area is 119 Å². The Bertz CT molecular complexity index is 592. The maximum atomic E-state index is 10.9. The van der Waals surface area contributed by atoms with Crippen molar-refractivity contribution in [3.63, 3.8) is 0 Å². The van der Waals surface area contributed by atoms with Crippen molar-refractivity contribution in [3.8, 4) is 0 Å². The molecule has 9 heteroatoms. The van der Waals surface area contributed by atoms with Crippen LogP contribution in [0, 0.1) is 10.1 Å². The van der Waals surface area contributed by atoms with E-state index in [0.717, 1.165) is 9.35 Å². The van der Waals surface area contributed by atoms with Crippen LogP contribution >= 0.6 is 38.9 Å². The third-order valence-electron chi connectivity index (χ3n) is 2.01. The van der Waals surface area contributed by atoms with Crippen LogP contribution in [-0.4, -0.2) is 14.9 Å². The fourth-order valence-corrected chi connectivity index (χ4v) is 2.86. The molecule has 6 nitrogen and oxygen atoms in total. The number of nitrogens with zero attached hydrogens (tertiary/aromatic N) is 3. The van der Waals surface area contributed by atoms with Crippen molar-refractivity contribution in [1.82, 2.24) is 9.97 Å². The standard InChI is InChI=1S/C9H6BrClN4O2S/c10-5-1-6(18-3-5)2-12-9-7(15(16)17)8(11)13-4-14-9/h1,3-4H,2H2,(H,12,13,14). The molecule has 94 valence electrons. The maximum absolute atomic E-state index is 10.9. The minimum absolute atomic E-state index is 0.115. The summed E-state index contributed by atoms with van der Waals surface area (Å²) < 4.78 is 0.972. The molecule has 0 aromatic carbocycles. The fraction of sp³-hybridized carbons (Fsp3) is 0.111. The SMILES string of the molecule is O=[N+]([O-])c1c(Cl)ncnc1NCc1cc(Br)cs1. The van der Waals surface area contributed by atoms with Crippen LogP contribution in [0.3, 0.4) is 0 Å². The van der Waals surface area contributed by atoms with Crippen molar-refractivity contribution in [3.05, 3.63) is 42.4 Å². The van der Waals surface area contributed by atoms with Gasteiger partial charge in [-0.05, 0) is 22.0 Å². The highest BCUT2D eigenvalue weighted by atomic mass is 79.9. The van der Waals surface area contributed by atoms with Gasteiger partial charge in [0.1, 0.15) is 6.33 Å². The molecular formula is C9H6BrClN4O2S. The zero-order valence-electron chi connectivity index (χ0n) is 8.76. The lowest BCUT2D eigenvalue weighted by molar-refractivity contribution is -0.384. The molecule has 0 bridgehead atoms. The molecule has 18 heavy (non-hydrogen) atoms. The van der Waals surface area contributed by atoms with Crippen molar-refractivity contribution in [1.29, 1.82) is 0 Å². The van der Waals surface area contributed by atoms with Gasteiger partial charge in [-0.3, -0.25) is 10.1 Å². The van der Waals surface area contributed by atoms with Gasteiger partial charge in [0.15, 0.2) is 0 Å². The number of hydrogen-bond donors (Lipinski definition) is 1. The quantitative estimate of drug-likeness (QED) is 0.519. The van der Waals surface area contributed by atoms with E-state index in [0.29, 0.717) is 6.54 Å². The van der Waals surface area contributed by atoms with Gasteiger partial charge in [0.2, 0.25) is 11.0 Å². The van der Waals surface area contributed by atoms with Gasteiger partial charge in [-0.15, -0.1) is 11.3 Å². The van der Waals surface area contributed by atoms with Crippen LogP contribution < -0.4 is 5.32 Å². The molecule has 0 aliphatic heterocycles. The average Bonchev–Trinajstić information content (AvgIpc) is 2.72. The molecule has 2 rings (SSSR count). The molecule has 0 fully saturated rings. The number of halogens is 2. The summed E-state index contributed by atoms with van der Waals surface area (Å²) in [5, 5.41) is 15.5. The summed E-state index contributed by atoms with van der Waals surface area (Å²) in [6, 6.07) is 1.92. The number of hydrogen-bond acceptors (Lipinski definition) is 6. The lowest BCUT2D eigenvalue weighted by atomic mass is 10.4. The molecule has 0 amide bonds. The molecule has 1 N–H and O–H groups in total. The van der Waals surface area contributed by atoms with Crippen molar-refractivity contribution in [2.45, 2.75) is 6.54 Å². The molecule has 0 aliphatic carbocycles. The highest BCUT2D eigenvalue weighted by molar-refractivity contribution is 9.10. The zero-order valence-corrected chi connectivity index (χ0v) is 11.9. The van der Waals surface area contributed by atoms with Gasteiger partial charge in [0.05, 0.1) is 11.5 Å². The number of thiophene rings is 1.